The van der Waals surface area contributed by atoms with Crippen molar-refractivity contribution in [2.45, 2.75) is 45.7 Å². The zero-order chi connectivity index (χ0) is 20.2. The molecule has 3 unspecified atom stereocenters. The Morgan fingerprint density at radius 3 is 2.50 bits per heavy atom. The van der Waals surface area contributed by atoms with Crippen LogP contribution in [0.25, 0.3) is 0 Å². The van der Waals surface area contributed by atoms with Crippen molar-refractivity contribution >= 4 is 17.6 Å². The normalized spacial score (nSPS) is 27.9. The number of urea groups is 1. The summed E-state index contributed by atoms with van der Waals surface area (Å²) in [6, 6.07) is 5.90. The number of aryl methyl sites for hydroxylation is 2. The van der Waals surface area contributed by atoms with Crippen LogP contribution in [-0.2, 0) is 4.79 Å². The Labute approximate surface area is 166 Å². The van der Waals surface area contributed by atoms with Crippen LogP contribution in [0.3, 0.4) is 0 Å². The molecule has 1 aromatic carbocycles. The number of amides is 3. The minimum Gasteiger partial charge on any atom is -0.343 e. The van der Waals surface area contributed by atoms with Gasteiger partial charge in [-0.1, -0.05) is 18.2 Å². The quantitative estimate of drug-likeness (QED) is 0.808. The molecule has 1 N–H and O–H groups in total. The van der Waals surface area contributed by atoms with Gasteiger partial charge in [0.2, 0.25) is 0 Å². The maximum Gasteiger partial charge on any atom is 0.328 e. The number of carbonyl (C=O) groups excluding carboxylic acids is 2. The SMILES string of the molecule is C=C(C)CN1C(=O)C2C(NC3N(c4cc(C)cc(C)c4)CCCN23)N(C)C1=O. The second kappa shape index (κ2) is 6.90. The van der Waals surface area contributed by atoms with E-state index >= 15 is 0 Å². The third kappa shape index (κ3) is 2.99. The number of hydrogen-bond donors (Lipinski definition) is 1. The first-order valence-electron chi connectivity index (χ1n) is 9.87. The van der Waals surface area contributed by atoms with Crippen LogP contribution >= 0.6 is 0 Å². The molecule has 1 aromatic rings. The second-order valence-corrected chi connectivity index (χ2v) is 8.34. The second-order valence-electron chi connectivity index (χ2n) is 8.34. The van der Waals surface area contributed by atoms with Gasteiger partial charge in [0.25, 0.3) is 5.91 Å². The highest BCUT2D eigenvalue weighted by Gasteiger charge is 2.56. The van der Waals surface area contributed by atoms with E-state index in [0.29, 0.717) is 0 Å². The number of nitrogens with one attached hydrogen (secondary N) is 1. The lowest BCUT2D eigenvalue weighted by molar-refractivity contribution is -0.138. The number of rotatable bonds is 3. The topological polar surface area (TPSA) is 59.1 Å². The third-order valence-corrected chi connectivity index (χ3v) is 5.84. The zero-order valence-electron chi connectivity index (χ0n) is 17.1. The van der Waals surface area contributed by atoms with E-state index < -0.39 is 0 Å². The van der Waals surface area contributed by atoms with Crippen molar-refractivity contribution in [2.75, 3.05) is 31.6 Å². The maximum atomic E-state index is 13.2. The lowest BCUT2D eigenvalue weighted by atomic mass is 10.1. The number of hydrogen-bond acceptors (Lipinski definition) is 5. The van der Waals surface area contributed by atoms with Gasteiger partial charge in [-0.3, -0.25) is 19.9 Å². The van der Waals surface area contributed by atoms with E-state index in [9.17, 15) is 9.59 Å². The molecule has 3 atom stereocenters. The van der Waals surface area contributed by atoms with Crippen molar-refractivity contribution in [1.82, 2.24) is 20.0 Å². The maximum absolute atomic E-state index is 13.2. The summed E-state index contributed by atoms with van der Waals surface area (Å²) in [5, 5.41) is 3.55. The summed E-state index contributed by atoms with van der Waals surface area (Å²) in [5.74, 6) is -0.131. The smallest absolute Gasteiger partial charge is 0.328 e. The van der Waals surface area contributed by atoms with Crippen molar-refractivity contribution in [3.63, 3.8) is 0 Å². The van der Waals surface area contributed by atoms with Gasteiger partial charge in [0.05, 0.1) is 6.54 Å². The molecule has 0 aromatic heterocycles. The van der Waals surface area contributed by atoms with E-state index in [4.69, 9.17) is 0 Å². The Kier molecular flexibility index (Phi) is 4.67. The summed E-state index contributed by atoms with van der Waals surface area (Å²) in [6.07, 6.45) is 0.548. The van der Waals surface area contributed by atoms with Crippen LogP contribution in [0.4, 0.5) is 10.5 Å². The summed E-state index contributed by atoms with van der Waals surface area (Å²) in [6.45, 7) is 11.9. The molecule has 7 heteroatoms. The van der Waals surface area contributed by atoms with Crippen LogP contribution in [0.15, 0.2) is 30.4 Å². The lowest BCUT2D eigenvalue weighted by Crippen LogP contribution is -2.66. The van der Waals surface area contributed by atoms with Crippen LogP contribution in [0.5, 0.6) is 0 Å². The molecule has 0 radical (unpaired) electrons. The number of benzene rings is 1. The van der Waals surface area contributed by atoms with Crippen molar-refractivity contribution in [1.29, 1.82) is 0 Å². The lowest BCUT2D eigenvalue weighted by Gasteiger charge is -2.44. The fraction of sp³-hybridized carbons (Fsp3) is 0.524. The molecule has 0 aliphatic carbocycles. The molecule has 3 aliphatic rings. The van der Waals surface area contributed by atoms with Gasteiger partial charge in [-0.05, 0) is 50.5 Å². The molecule has 28 heavy (non-hydrogen) atoms. The van der Waals surface area contributed by atoms with E-state index in [1.54, 1.807) is 11.9 Å². The average molecular weight is 383 g/mol. The van der Waals surface area contributed by atoms with Crippen molar-refractivity contribution < 1.29 is 9.59 Å². The number of carbonyl (C=O) groups is 2. The Balaban J connectivity index is 1.67. The number of likely N-dealkylation sites (N-methyl/N-ethyl adjacent to an activating group) is 1. The number of imide groups is 1. The van der Waals surface area contributed by atoms with E-state index in [1.807, 2.05) is 6.92 Å². The Morgan fingerprint density at radius 2 is 1.86 bits per heavy atom. The Morgan fingerprint density at radius 1 is 1.18 bits per heavy atom. The first-order valence-corrected chi connectivity index (χ1v) is 9.87. The molecule has 150 valence electrons. The van der Waals surface area contributed by atoms with E-state index in [2.05, 4.69) is 53.7 Å². The first-order chi connectivity index (χ1) is 13.3. The van der Waals surface area contributed by atoms with Crippen molar-refractivity contribution in [3.05, 3.63) is 41.5 Å². The summed E-state index contributed by atoms with van der Waals surface area (Å²) >= 11 is 0. The summed E-state index contributed by atoms with van der Waals surface area (Å²) in [4.78, 5) is 33.5. The molecule has 3 aliphatic heterocycles. The van der Waals surface area contributed by atoms with E-state index in [0.717, 1.165) is 30.8 Å². The summed E-state index contributed by atoms with van der Waals surface area (Å²) in [5.41, 5.74) is 4.39. The molecular formula is C21H29N5O2. The highest BCUT2D eigenvalue weighted by Crippen LogP contribution is 2.33. The molecule has 3 heterocycles. The molecule has 4 rings (SSSR count). The molecule has 3 fully saturated rings. The first kappa shape index (κ1) is 19.0. The Bertz CT molecular complexity index is 818. The molecule has 0 saturated carbocycles. The minimum absolute atomic E-state index is 0.103. The average Bonchev–Trinajstić information content (AvgIpc) is 3.02. The standard InChI is InChI=1S/C21H29N5O2/c1-13(2)12-26-19(27)17-18(23(5)21(26)28)22-20-24(7-6-8-25(17)20)16-10-14(3)9-15(4)11-16/h9-11,17-18,20,22H,1,6-8,12H2,2-5H3. The highest BCUT2D eigenvalue weighted by molar-refractivity contribution is 6.00. The highest BCUT2D eigenvalue weighted by atomic mass is 16.2. The van der Waals surface area contributed by atoms with Crippen LogP contribution < -0.4 is 10.2 Å². The van der Waals surface area contributed by atoms with Crippen molar-refractivity contribution in [3.8, 4) is 0 Å². The monoisotopic (exact) mass is 383 g/mol. The number of nitrogens with zero attached hydrogens (tertiary/aromatic N) is 4. The molecule has 0 spiro atoms. The van der Waals surface area contributed by atoms with Gasteiger partial charge in [-0.2, -0.15) is 0 Å². The van der Waals surface area contributed by atoms with Gasteiger partial charge in [-0.15, -0.1) is 0 Å². The van der Waals surface area contributed by atoms with Crippen molar-refractivity contribution in [2.24, 2.45) is 0 Å². The molecule has 0 bridgehead atoms. The predicted octanol–water partition coefficient (Wildman–Crippen LogP) is 1.87. The fourth-order valence-electron chi connectivity index (χ4n) is 4.72. The van der Waals surface area contributed by atoms with E-state index in [1.165, 1.54) is 16.0 Å². The fourth-order valence-corrected chi connectivity index (χ4v) is 4.72. The zero-order valence-corrected chi connectivity index (χ0v) is 17.1. The van der Waals surface area contributed by atoms with Gasteiger partial charge in [0, 0.05) is 25.8 Å². The Hall–Kier alpha value is -2.38. The van der Waals surface area contributed by atoms with Crippen LogP contribution in [-0.4, -0.2) is 71.8 Å². The van der Waals surface area contributed by atoms with Gasteiger partial charge < -0.3 is 9.80 Å². The molecule has 7 nitrogen and oxygen atoms in total. The van der Waals surface area contributed by atoms with Gasteiger partial charge in [0.1, 0.15) is 18.5 Å². The van der Waals surface area contributed by atoms with Gasteiger partial charge in [0.15, 0.2) is 0 Å². The van der Waals surface area contributed by atoms with Crippen LogP contribution in [0, 0.1) is 13.8 Å². The van der Waals surface area contributed by atoms with Gasteiger partial charge >= 0.3 is 6.03 Å². The van der Waals surface area contributed by atoms with Gasteiger partial charge in [-0.25, -0.2) is 4.79 Å². The van der Waals surface area contributed by atoms with Crippen LogP contribution in [0.1, 0.15) is 24.5 Å². The molecular weight excluding hydrogens is 354 g/mol. The number of fused-ring (bicyclic) bond motifs is 3. The molecule has 3 saturated heterocycles. The summed E-state index contributed by atoms with van der Waals surface area (Å²) < 4.78 is 0. The van der Waals surface area contributed by atoms with E-state index in [-0.39, 0.29) is 37.0 Å². The molecule has 3 amide bonds. The van der Waals surface area contributed by atoms with Crippen LogP contribution in [0.2, 0.25) is 0 Å². The largest absolute Gasteiger partial charge is 0.343 e. The predicted molar refractivity (Wildman–Crippen MR) is 109 cm³/mol. The third-order valence-electron chi connectivity index (χ3n) is 5.84. The number of anilines is 1. The minimum atomic E-state index is -0.374. The summed E-state index contributed by atoms with van der Waals surface area (Å²) in [7, 11) is 1.77.